The van der Waals surface area contributed by atoms with Crippen LogP contribution in [0.2, 0.25) is 5.02 Å². The van der Waals surface area contributed by atoms with Crippen LogP contribution in [0.3, 0.4) is 0 Å². The molecular weight excluding hydrogens is 341 g/mol. The van der Waals surface area contributed by atoms with Gasteiger partial charge in [-0.15, -0.1) is 0 Å². The van der Waals surface area contributed by atoms with Crippen molar-refractivity contribution in [1.82, 2.24) is 5.32 Å². The maximum atomic E-state index is 12.8. The van der Waals surface area contributed by atoms with Crippen molar-refractivity contribution in [3.8, 4) is 0 Å². The number of alkyl halides is 3. The zero-order valence-corrected chi connectivity index (χ0v) is 13.4. The SMILES string of the molecule is O=C(CNCCc1ccccc1)Nc1ccc(Cl)c(C(F)(F)F)c1. The topological polar surface area (TPSA) is 41.1 Å². The summed E-state index contributed by atoms with van der Waals surface area (Å²) in [7, 11) is 0. The zero-order chi connectivity index (χ0) is 17.6. The minimum Gasteiger partial charge on any atom is -0.325 e. The maximum absolute atomic E-state index is 12.8. The number of hydrogen-bond donors (Lipinski definition) is 2. The second kappa shape index (κ2) is 8.17. The van der Waals surface area contributed by atoms with Crippen LogP contribution >= 0.6 is 11.6 Å². The Labute approximate surface area is 142 Å². The molecule has 0 aliphatic rings. The number of rotatable bonds is 6. The molecule has 2 aromatic carbocycles. The van der Waals surface area contributed by atoms with Crippen molar-refractivity contribution >= 4 is 23.2 Å². The molecule has 0 saturated carbocycles. The van der Waals surface area contributed by atoms with Crippen molar-refractivity contribution in [2.45, 2.75) is 12.6 Å². The van der Waals surface area contributed by atoms with Gasteiger partial charge in [0.15, 0.2) is 0 Å². The van der Waals surface area contributed by atoms with Gasteiger partial charge in [0.2, 0.25) is 5.91 Å². The first-order chi connectivity index (χ1) is 11.4. The average molecular weight is 357 g/mol. The first-order valence-corrected chi connectivity index (χ1v) is 7.65. The highest BCUT2D eigenvalue weighted by Gasteiger charge is 2.33. The fourth-order valence-electron chi connectivity index (χ4n) is 2.10. The molecule has 2 aromatic rings. The Morgan fingerprint density at radius 2 is 1.79 bits per heavy atom. The number of hydrogen-bond acceptors (Lipinski definition) is 2. The lowest BCUT2D eigenvalue weighted by Crippen LogP contribution is -2.29. The first-order valence-electron chi connectivity index (χ1n) is 7.27. The molecule has 1 amide bonds. The molecule has 0 saturated heterocycles. The van der Waals surface area contributed by atoms with Gasteiger partial charge >= 0.3 is 6.18 Å². The van der Waals surface area contributed by atoms with Crippen molar-refractivity contribution < 1.29 is 18.0 Å². The number of carbonyl (C=O) groups excluding carboxylic acids is 1. The molecule has 0 fully saturated rings. The Morgan fingerprint density at radius 1 is 1.08 bits per heavy atom. The Kier molecular flexibility index (Phi) is 6.23. The largest absolute Gasteiger partial charge is 0.417 e. The quantitative estimate of drug-likeness (QED) is 0.764. The Bertz CT molecular complexity index is 690. The zero-order valence-electron chi connectivity index (χ0n) is 12.7. The Hall–Kier alpha value is -2.05. The summed E-state index contributed by atoms with van der Waals surface area (Å²) >= 11 is 5.53. The smallest absolute Gasteiger partial charge is 0.325 e. The van der Waals surface area contributed by atoms with Crippen LogP contribution in [0.1, 0.15) is 11.1 Å². The Balaban J connectivity index is 1.82. The summed E-state index contributed by atoms with van der Waals surface area (Å²) in [5.41, 5.74) is 0.221. The molecule has 2 N–H and O–H groups in total. The molecule has 3 nitrogen and oxygen atoms in total. The van der Waals surface area contributed by atoms with E-state index in [0.29, 0.717) is 6.54 Å². The average Bonchev–Trinajstić information content (AvgIpc) is 2.53. The monoisotopic (exact) mass is 356 g/mol. The van der Waals surface area contributed by atoms with Crippen LogP contribution in [0.4, 0.5) is 18.9 Å². The minimum atomic E-state index is -4.56. The number of benzene rings is 2. The van der Waals surface area contributed by atoms with Crippen molar-refractivity contribution in [3.05, 3.63) is 64.7 Å². The third-order valence-corrected chi connectivity index (χ3v) is 3.60. The van der Waals surface area contributed by atoms with Gasteiger partial charge in [-0.3, -0.25) is 4.79 Å². The van der Waals surface area contributed by atoms with Crippen LogP contribution < -0.4 is 10.6 Å². The van der Waals surface area contributed by atoms with Crippen LogP contribution in [0.5, 0.6) is 0 Å². The van der Waals surface area contributed by atoms with Gasteiger partial charge in [-0.25, -0.2) is 0 Å². The first kappa shape index (κ1) is 18.3. The van der Waals surface area contributed by atoms with Crippen molar-refractivity contribution in [2.24, 2.45) is 0 Å². The van der Waals surface area contributed by atoms with E-state index in [1.165, 1.54) is 6.07 Å². The van der Waals surface area contributed by atoms with Crippen molar-refractivity contribution in [2.75, 3.05) is 18.4 Å². The lowest BCUT2D eigenvalue weighted by Gasteiger charge is -2.12. The summed E-state index contributed by atoms with van der Waals surface area (Å²) in [5, 5.41) is 4.97. The number of nitrogens with one attached hydrogen (secondary N) is 2. The van der Waals surface area contributed by atoms with Crippen LogP contribution in [-0.2, 0) is 17.4 Å². The lowest BCUT2D eigenvalue weighted by atomic mass is 10.1. The highest BCUT2D eigenvalue weighted by atomic mass is 35.5. The molecule has 0 heterocycles. The summed E-state index contributed by atoms with van der Waals surface area (Å²) in [6, 6.07) is 13.0. The van der Waals surface area contributed by atoms with Gasteiger partial charge in [0.25, 0.3) is 0 Å². The predicted molar refractivity (Wildman–Crippen MR) is 88.1 cm³/mol. The second-order valence-electron chi connectivity index (χ2n) is 5.15. The fraction of sp³-hybridized carbons (Fsp3) is 0.235. The van der Waals surface area contributed by atoms with Gasteiger partial charge in [0.05, 0.1) is 17.1 Å². The third kappa shape index (κ3) is 5.54. The van der Waals surface area contributed by atoms with Crippen molar-refractivity contribution in [1.29, 1.82) is 0 Å². The summed E-state index contributed by atoms with van der Waals surface area (Å²) in [6.45, 7) is 0.600. The fourth-order valence-corrected chi connectivity index (χ4v) is 2.33. The number of amides is 1. The summed E-state index contributed by atoms with van der Waals surface area (Å²) in [5.74, 6) is -0.418. The van der Waals surface area contributed by atoms with Crippen LogP contribution in [0, 0.1) is 0 Å². The van der Waals surface area contributed by atoms with E-state index < -0.39 is 22.7 Å². The van der Waals surface area contributed by atoms with E-state index in [4.69, 9.17) is 11.6 Å². The van der Waals surface area contributed by atoms with E-state index in [1.54, 1.807) is 0 Å². The molecule has 128 valence electrons. The molecule has 0 aromatic heterocycles. The standard InChI is InChI=1S/C17H16ClF3N2O/c18-15-7-6-13(10-14(15)17(19,20)21)23-16(24)11-22-9-8-12-4-2-1-3-5-12/h1-7,10,22H,8-9,11H2,(H,23,24). The minimum absolute atomic E-state index is 0.0107. The number of halogens is 4. The molecule has 7 heteroatoms. The molecule has 0 atom stereocenters. The van der Waals surface area contributed by atoms with Gasteiger partial charge in [0.1, 0.15) is 0 Å². The van der Waals surface area contributed by atoms with Gasteiger partial charge in [-0.05, 0) is 36.7 Å². The van der Waals surface area contributed by atoms with E-state index >= 15 is 0 Å². The lowest BCUT2D eigenvalue weighted by molar-refractivity contribution is -0.137. The van der Waals surface area contributed by atoms with E-state index in [-0.39, 0.29) is 12.2 Å². The molecule has 24 heavy (non-hydrogen) atoms. The van der Waals surface area contributed by atoms with Crippen molar-refractivity contribution in [3.63, 3.8) is 0 Å². The molecule has 0 bridgehead atoms. The van der Waals surface area contributed by atoms with Crippen LogP contribution in [0.15, 0.2) is 48.5 Å². The van der Waals surface area contributed by atoms with E-state index in [2.05, 4.69) is 10.6 Å². The van der Waals surface area contributed by atoms with E-state index in [1.807, 2.05) is 30.3 Å². The summed E-state index contributed by atoms with van der Waals surface area (Å²) in [6.07, 6.45) is -3.81. The molecule has 2 rings (SSSR count). The van der Waals surface area contributed by atoms with Crippen LogP contribution in [0.25, 0.3) is 0 Å². The summed E-state index contributed by atoms with van der Waals surface area (Å²) < 4.78 is 38.3. The molecule has 0 aliphatic heterocycles. The van der Waals surface area contributed by atoms with E-state index in [0.717, 1.165) is 24.1 Å². The third-order valence-electron chi connectivity index (χ3n) is 3.27. The molecule has 0 spiro atoms. The van der Waals surface area contributed by atoms with E-state index in [9.17, 15) is 18.0 Å². The van der Waals surface area contributed by atoms with Gasteiger partial charge < -0.3 is 10.6 Å². The number of anilines is 1. The van der Waals surface area contributed by atoms with Gasteiger partial charge in [-0.1, -0.05) is 41.9 Å². The summed E-state index contributed by atoms with van der Waals surface area (Å²) in [4.78, 5) is 11.8. The maximum Gasteiger partial charge on any atom is 0.417 e. The molecular formula is C17H16ClF3N2O. The van der Waals surface area contributed by atoms with Crippen LogP contribution in [-0.4, -0.2) is 19.0 Å². The Morgan fingerprint density at radius 3 is 2.46 bits per heavy atom. The normalized spacial score (nSPS) is 11.3. The molecule has 0 unspecified atom stereocenters. The second-order valence-corrected chi connectivity index (χ2v) is 5.56. The highest BCUT2D eigenvalue weighted by molar-refractivity contribution is 6.31. The van der Waals surface area contributed by atoms with Gasteiger partial charge in [0, 0.05) is 5.69 Å². The molecule has 0 radical (unpaired) electrons. The highest BCUT2D eigenvalue weighted by Crippen LogP contribution is 2.36. The predicted octanol–water partition coefficient (Wildman–Crippen LogP) is 4.13. The van der Waals surface area contributed by atoms with Gasteiger partial charge in [-0.2, -0.15) is 13.2 Å². The molecule has 0 aliphatic carbocycles. The number of carbonyl (C=O) groups is 1.